The van der Waals surface area contributed by atoms with Crippen LogP contribution in [0, 0.1) is 0 Å². The minimum absolute atomic E-state index is 0.119. The first-order valence-electron chi connectivity index (χ1n) is 5.74. The van der Waals surface area contributed by atoms with Crippen molar-refractivity contribution in [3.63, 3.8) is 0 Å². The fourth-order valence-electron chi connectivity index (χ4n) is 1.85. The van der Waals surface area contributed by atoms with Crippen molar-refractivity contribution in [2.75, 3.05) is 6.61 Å². The van der Waals surface area contributed by atoms with E-state index in [2.05, 4.69) is 26.2 Å². The van der Waals surface area contributed by atoms with Crippen LogP contribution in [0.5, 0.6) is 0 Å². The number of nitrogens with one attached hydrogen (secondary N) is 1. The van der Waals surface area contributed by atoms with E-state index in [1.54, 1.807) is 18.2 Å². The summed E-state index contributed by atoms with van der Waals surface area (Å²) < 4.78 is 6.11. The maximum Gasteiger partial charge on any atom is 0.270 e. The number of aromatic nitrogens is 1. The number of halogens is 1. The summed E-state index contributed by atoms with van der Waals surface area (Å²) in [6.07, 6.45) is 2.10. The summed E-state index contributed by atoms with van der Waals surface area (Å²) in [6.45, 7) is 2.72. The molecule has 1 saturated carbocycles. The minimum atomic E-state index is -0.119. The summed E-state index contributed by atoms with van der Waals surface area (Å²) in [5, 5.41) is 2.95. The lowest BCUT2D eigenvalue weighted by molar-refractivity contribution is -0.00867. The van der Waals surface area contributed by atoms with Crippen LogP contribution in [0.25, 0.3) is 0 Å². The molecule has 1 aromatic rings. The van der Waals surface area contributed by atoms with E-state index < -0.39 is 0 Å². The highest BCUT2D eigenvalue weighted by atomic mass is 79.9. The fraction of sp³-hybridized carbons (Fsp3) is 0.500. The molecule has 5 heteroatoms. The Morgan fingerprint density at radius 2 is 2.35 bits per heavy atom. The zero-order chi connectivity index (χ0) is 12.3. The molecule has 1 N–H and O–H groups in total. The molecule has 0 atom stereocenters. The standard InChI is InChI=1S/C12H15BrN2O2/c1-2-17-9-6-8(7-9)14-12(16)10-4-3-5-11(13)15-10/h3-5,8-9H,2,6-7H2,1H3,(H,14,16). The first-order valence-corrected chi connectivity index (χ1v) is 6.53. The number of carbonyl (C=O) groups excluding carboxylic acids is 1. The third-order valence-corrected chi connectivity index (χ3v) is 3.22. The van der Waals surface area contributed by atoms with E-state index in [0.717, 1.165) is 19.4 Å². The Bertz CT molecular complexity index is 405. The van der Waals surface area contributed by atoms with E-state index in [-0.39, 0.29) is 11.9 Å². The average Bonchev–Trinajstić information content (AvgIpc) is 2.26. The van der Waals surface area contributed by atoms with E-state index in [0.29, 0.717) is 16.4 Å². The first-order chi connectivity index (χ1) is 8.19. The Morgan fingerprint density at radius 1 is 1.59 bits per heavy atom. The van der Waals surface area contributed by atoms with Crippen LogP contribution in [0.1, 0.15) is 30.3 Å². The van der Waals surface area contributed by atoms with E-state index >= 15 is 0 Å². The topological polar surface area (TPSA) is 51.2 Å². The van der Waals surface area contributed by atoms with Gasteiger partial charge in [0.1, 0.15) is 10.3 Å². The molecule has 92 valence electrons. The molecule has 2 rings (SSSR count). The molecule has 1 aliphatic carbocycles. The fourth-order valence-corrected chi connectivity index (χ4v) is 2.19. The van der Waals surface area contributed by atoms with Gasteiger partial charge >= 0.3 is 0 Å². The van der Waals surface area contributed by atoms with Gasteiger partial charge in [0.05, 0.1) is 6.10 Å². The van der Waals surface area contributed by atoms with E-state index in [1.807, 2.05) is 6.92 Å². The largest absolute Gasteiger partial charge is 0.378 e. The maximum atomic E-state index is 11.8. The summed E-state index contributed by atoms with van der Waals surface area (Å²) >= 11 is 3.25. The van der Waals surface area contributed by atoms with Gasteiger partial charge in [-0.2, -0.15) is 0 Å². The van der Waals surface area contributed by atoms with Gasteiger partial charge in [-0.1, -0.05) is 6.07 Å². The average molecular weight is 299 g/mol. The normalized spacial score (nSPS) is 22.9. The lowest BCUT2D eigenvalue weighted by Crippen LogP contribution is -2.48. The molecule has 0 aromatic carbocycles. The predicted molar refractivity (Wildman–Crippen MR) is 67.8 cm³/mol. The SMILES string of the molecule is CCOC1CC(NC(=O)c2cccc(Br)n2)C1. The molecule has 1 amide bonds. The Hall–Kier alpha value is -0.940. The number of carbonyl (C=O) groups is 1. The second kappa shape index (κ2) is 5.60. The lowest BCUT2D eigenvalue weighted by Gasteiger charge is -2.35. The van der Waals surface area contributed by atoms with Crippen molar-refractivity contribution in [3.8, 4) is 0 Å². The van der Waals surface area contributed by atoms with Gasteiger partial charge in [0, 0.05) is 12.6 Å². The monoisotopic (exact) mass is 298 g/mol. The summed E-state index contributed by atoms with van der Waals surface area (Å²) in [4.78, 5) is 15.9. The molecular weight excluding hydrogens is 284 g/mol. The van der Waals surface area contributed by atoms with Crippen molar-refractivity contribution in [2.24, 2.45) is 0 Å². The van der Waals surface area contributed by atoms with E-state index in [1.165, 1.54) is 0 Å². The molecule has 1 heterocycles. The number of hydrogen-bond donors (Lipinski definition) is 1. The van der Waals surface area contributed by atoms with Gasteiger partial charge in [-0.05, 0) is 47.8 Å². The highest BCUT2D eigenvalue weighted by Gasteiger charge is 2.30. The summed E-state index contributed by atoms with van der Waals surface area (Å²) in [5.41, 5.74) is 0.444. The lowest BCUT2D eigenvalue weighted by atomic mass is 9.89. The molecule has 17 heavy (non-hydrogen) atoms. The van der Waals surface area contributed by atoms with Crippen LogP contribution < -0.4 is 5.32 Å². The number of rotatable bonds is 4. The van der Waals surface area contributed by atoms with Crippen LogP contribution in [0.15, 0.2) is 22.8 Å². The highest BCUT2D eigenvalue weighted by molar-refractivity contribution is 9.10. The van der Waals surface area contributed by atoms with Crippen molar-refractivity contribution < 1.29 is 9.53 Å². The Labute approximate surface area is 109 Å². The predicted octanol–water partition coefficient (Wildman–Crippen LogP) is 2.14. The van der Waals surface area contributed by atoms with Gasteiger partial charge in [-0.15, -0.1) is 0 Å². The van der Waals surface area contributed by atoms with Crippen LogP contribution in [0.2, 0.25) is 0 Å². The Kier molecular flexibility index (Phi) is 4.12. The van der Waals surface area contributed by atoms with Crippen molar-refractivity contribution in [1.82, 2.24) is 10.3 Å². The summed E-state index contributed by atoms with van der Waals surface area (Å²) in [7, 11) is 0. The maximum absolute atomic E-state index is 11.8. The molecule has 1 aliphatic rings. The van der Waals surface area contributed by atoms with Crippen molar-refractivity contribution >= 4 is 21.8 Å². The van der Waals surface area contributed by atoms with Gasteiger partial charge in [-0.25, -0.2) is 4.98 Å². The van der Waals surface area contributed by atoms with Gasteiger partial charge in [0.2, 0.25) is 0 Å². The molecule has 4 nitrogen and oxygen atoms in total. The minimum Gasteiger partial charge on any atom is -0.378 e. The molecule has 0 spiro atoms. The quantitative estimate of drug-likeness (QED) is 0.867. The summed E-state index contributed by atoms with van der Waals surface area (Å²) in [5.74, 6) is -0.119. The third-order valence-electron chi connectivity index (χ3n) is 2.78. The molecular formula is C12H15BrN2O2. The number of nitrogens with zero attached hydrogens (tertiary/aromatic N) is 1. The molecule has 0 aliphatic heterocycles. The number of hydrogen-bond acceptors (Lipinski definition) is 3. The second-order valence-electron chi connectivity index (χ2n) is 4.06. The van der Waals surface area contributed by atoms with Gasteiger partial charge < -0.3 is 10.1 Å². The Morgan fingerprint density at radius 3 is 3.00 bits per heavy atom. The smallest absolute Gasteiger partial charge is 0.270 e. The van der Waals surface area contributed by atoms with Crippen molar-refractivity contribution in [2.45, 2.75) is 31.9 Å². The van der Waals surface area contributed by atoms with Crippen LogP contribution in [0.3, 0.4) is 0 Å². The molecule has 0 unspecified atom stereocenters. The molecule has 1 fully saturated rings. The zero-order valence-corrected chi connectivity index (χ0v) is 11.2. The number of ether oxygens (including phenoxy) is 1. The highest BCUT2D eigenvalue weighted by Crippen LogP contribution is 2.23. The molecule has 1 aromatic heterocycles. The van der Waals surface area contributed by atoms with E-state index in [9.17, 15) is 4.79 Å². The molecule has 0 radical (unpaired) electrons. The number of pyridine rings is 1. The molecule has 0 bridgehead atoms. The summed E-state index contributed by atoms with van der Waals surface area (Å²) in [6, 6.07) is 5.53. The van der Waals surface area contributed by atoms with Crippen LogP contribution in [-0.4, -0.2) is 29.6 Å². The molecule has 0 saturated heterocycles. The third kappa shape index (κ3) is 3.26. The number of amides is 1. The van der Waals surface area contributed by atoms with Gasteiger partial charge in [0.15, 0.2) is 0 Å². The van der Waals surface area contributed by atoms with Gasteiger partial charge in [-0.3, -0.25) is 4.79 Å². The van der Waals surface area contributed by atoms with E-state index in [4.69, 9.17) is 4.74 Å². The Balaban J connectivity index is 1.83. The van der Waals surface area contributed by atoms with Crippen LogP contribution in [0.4, 0.5) is 0 Å². The first kappa shape index (κ1) is 12.5. The van der Waals surface area contributed by atoms with Crippen molar-refractivity contribution in [3.05, 3.63) is 28.5 Å². The van der Waals surface area contributed by atoms with Gasteiger partial charge in [0.25, 0.3) is 5.91 Å². The second-order valence-corrected chi connectivity index (χ2v) is 4.88. The van der Waals surface area contributed by atoms with Crippen LogP contribution in [-0.2, 0) is 4.74 Å². The zero-order valence-electron chi connectivity index (χ0n) is 9.65. The van der Waals surface area contributed by atoms with Crippen molar-refractivity contribution in [1.29, 1.82) is 0 Å². The van der Waals surface area contributed by atoms with Crippen LogP contribution >= 0.6 is 15.9 Å².